The second kappa shape index (κ2) is 9.29. The van der Waals surface area contributed by atoms with Gasteiger partial charge in [-0.2, -0.15) is 5.26 Å². The van der Waals surface area contributed by atoms with Crippen molar-refractivity contribution >= 4 is 17.4 Å². The lowest BCUT2D eigenvalue weighted by molar-refractivity contribution is 0.0736. The fraction of sp³-hybridized carbons (Fsp3) is 0.192. The minimum absolute atomic E-state index is 0.0743. The molecule has 4 rings (SSSR count). The first-order valence-corrected chi connectivity index (χ1v) is 11.2. The number of benzene rings is 1. The smallest absolute Gasteiger partial charge is 0.251 e. The maximum absolute atomic E-state index is 12.9. The highest BCUT2D eigenvalue weighted by Gasteiger charge is 2.19. The Balaban J connectivity index is 1.73. The van der Waals surface area contributed by atoms with Crippen LogP contribution >= 0.6 is 11.6 Å². The van der Waals surface area contributed by atoms with Gasteiger partial charge in [0.2, 0.25) is 0 Å². The van der Waals surface area contributed by atoms with Crippen LogP contribution in [0.15, 0.2) is 59.5 Å². The van der Waals surface area contributed by atoms with E-state index in [0.29, 0.717) is 39.6 Å². The third-order valence-electron chi connectivity index (χ3n) is 5.61. The van der Waals surface area contributed by atoms with E-state index in [0.717, 1.165) is 5.56 Å². The number of nitrogens with zero attached hydrogens (tertiary/aromatic N) is 5. The molecule has 9 heteroatoms. The molecular formula is C26H23ClN6O2. The summed E-state index contributed by atoms with van der Waals surface area (Å²) in [6.45, 7) is 5.35. The first-order valence-electron chi connectivity index (χ1n) is 10.8. The molecule has 0 saturated heterocycles. The second-order valence-electron chi connectivity index (χ2n) is 8.64. The number of rotatable bonds is 5. The van der Waals surface area contributed by atoms with Gasteiger partial charge in [0.05, 0.1) is 35.3 Å². The Morgan fingerprint density at radius 2 is 1.89 bits per heavy atom. The molecule has 3 aromatic heterocycles. The van der Waals surface area contributed by atoms with E-state index in [1.165, 1.54) is 10.6 Å². The average molecular weight is 487 g/mol. The molecule has 35 heavy (non-hydrogen) atoms. The number of hydrogen-bond acceptors (Lipinski definition) is 7. The van der Waals surface area contributed by atoms with E-state index in [4.69, 9.17) is 17.3 Å². The molecule has 0 aliphatic rings. The van der Waals surface area contributed by atoms with Gasteiger partial charge < -0.3 is 15.4 Å². The van der Waals surface area contributed by atoms with E-state index >= 15 is 0 Å². The molecule has 0 aliphatic heterocycles. The third kappa shape index (κ3) is 4.92. The number of nitrogens with two attached hydrogens (primary N) is 1. The van der Waals surface area contributed by atoms with Gasteiger partial charge in [0, 0.05) is 23.4 Å². The summed E-state index contributed by atoms with van der Waals surface area (Å²) in [7, 11) is 0. The fourth-order valence-corrected chi connectivity index (χ4v) is 3.84. The van der Waals surface area contributed by atoms with Crippen LogP contribution in [-0.4, -0.2) is 24.6 Å². The topological polar surface area (TPSA) is 131 Å². The number of pyridine rings is 2. The number of nitriles is 1. The number of halogens is 1. The molecule has 0 atom stereocenters. The highest BCUT2D eigenvalue weighted by molar-refractivity contribution is 6.35. The van der Waals surface area contributed by atoms with Gasteiger partial charge >= 0.3 is 0 Å². The summed E-state index contributed by atoms with van der Waals surface area (Å²) in [5.41, 5.74) is 8.55. The van der Waals surface area contributed by atoms with Crippen LogP contribution in [0.3, 0.4) is 0 Å². The van der Waals surface area contributed by atoms with E-state index in [1.807, 2.05) is 6.92 Å². The van der Waals surface area contributed by atoms with E-state index in [9.17, 15) is 15.2 Å². The molecule has 8 nitrogen and oxygen atoms in total. The van der Waals surface area contributed by atoms with Crippen molar-refractivity contribution in [3.8, 4) is 28.7 Å². The van der Waals surface area contributed by atoms with Gasteiger partial charge in [0.25, 0.3) is 5.56 Å². The van der Waals surface area contributed by atoms with Crippen molar-refractivity contribution in [1.82, 2.24) is 19.5 Å². The number of nitrogen functional groups attached to an aromatic ring is 1. The lowest BCUT2D eigenvalue weighted by Crippen LogP contribution is -2.22. The molecular weight excluding hydrogens is 464 g/mol. The zero-order valence-electron chi connectivity index (χ0n) is 19.5. The molecule has 0 unspecified atom stereocenters. The summed E-state index contributed by atoms with van der Waals surface area (Å²) < 4.78 is 1.50. The standard InChI is InChI=1S/C26H23ClN6O2/c1-15-17(13-28)6-4-8-19(15)25-31-23(22(27)24(29)32-25)16-10-11-33(21(34)12-16)14-18-7-5-9-20(30-18)26(2,3)35/h4-12,35H,14H2,1-3H3,(H2,29,31,32). The van der Waals surface area contributed by atoms with Crippen LogP contribution in [0.5, 0.6) is 0 Å². The molecule has 0 fully saturated rings. The zero-order valence-corrected chi connectivity index (χ0v) is 20.2. The highest BCUT2D eigenvalue weighted by Crippen LogP contribution is 2.33. The first-order chi connectivity index (χ1) is 16.6. The molecule has 3 N–H and O–H groups in total. The van der Waals surface area contributed by atoms with Gasteiger partial charge in [0.1, 0.15) is 16.4 Å². The van der Waals surface area contributed by atoms with Gasteiger partial charge in [-0.3, -0.25) is 9.78 Å². The van der Waals surface area contributed by atoms with Gasteiger partial charge in [0.15, 0.2) is 5.82 Å². The average Bonchev–Trinajstić information content (AvgIpc) is 2.82. The molecule has 0 spiro atoms. The van der Waals surface area contributed by atoms with E-state index < -0.39 is 5.60 Å². The Morgan fingerprint density at radius 3 is 2.57 bits per heavy atom. The van der Waals surface area contributed by atoms with Gasteiger partial charge in [-0.05, 0) is 50.6 Å². The van der Waals surface area contributed by atoms with Crippen molar-refractivity contribution in [2.45, 2.75) is 32.9 Å². The SMILES string of the molecule is Cc1c(C#N)cccc1-c1nc(N)c(Cl)c(-c2ccn(Cc3cccc(C(C)(C)O)n3)c(=O)c2)n1. The third-order valence-corrected chi connectivity index (χ3v) is 5.98. The van der Waals surface area contributed by atoms with Crippen LogP contribution in [0, 0.1) is 18.3 Å². The monoisotopic (exact) mass is 486 g/mol. The van der Waals surface area contributed by atoms with Crippen LogP contribution in [-0.2, 0) is 12.1 Å². The lowest BCUT2D eigenvalue weighted by atomic mass is 10.0. The Kier molecular flexibility index (Phi) is 6.39. The van der Waals surface area contributed by atoms with Crippen molar-refractivity contribution in [1.29, 1.82) is 5.26 Å². The summed E-state index contributed by atoms with van der Waals surface area (Å²) in [5.74, 6) is 0.388. The van der Waals surface area contributed by atoms with E-state index in [1.54, 1.807) is 62.5 Å². The van der Waals surface area contributed by atoms with Crippen molar-refractivity contribution in [3.63, 3.8) is 0 Å². The Morgan fingerprint density at radius 1 is 1.14 bits per heavy atom. The minimum atomic E-state index is -1.09. The number of anilines is 1. The largest absolute Gasteiger partial charge is 0.384 e. The summed E-state index contributed by atoms with van der Waals surface area (Å²) in [5, 5.41) is 19.7. The van der Waals surface area contributed by atoms with Crippen LogP contribution in [0.1, 0.15) is 36.4 Å². The molecule has 0 bridgehead atoms. The lowest BCUT2D eigenvalue weighted by Gasteiger charge is -2.17. The van der Waals surface area contributed by atoms with E-state index in [-0.39, 0.29) is 22.9 Å². The van der Waals surface area contributed by atoms with Crippen molar-refractivity contribution in [3.05, 3.63) is 92.6 Å². The van der Waals surface area contributed by atoms with Crippen LogP contribution < -0.4 is 11.3 Å². The zero-order chi connectivity index (χ0) is 25.3. The maximum atomic E-state index is 12.9. The quantitative estimate of drug-likeness (QED) is 0.435. The Bertz CT molecular complexity index is 1530. The van der Waals surface area contributed by atoms with Gasteiger partial charge in [-0.25, -0.2) is 9.97 Å². The Labute approximate surface area is 207 Å². The summed E-state index contributed by atoms with van der Waals surface area (Å²) in [6.07, 6.45) is 1.63. The number of aliphatic hydroxyl groups is 1. The van der Waals surface area contributed by atoms with Crippen molar-refractivity contribution in [2.75, 3.05) is 5.73 Å². The molecule has 0 saturated carbocycles. The van der Waals surface area contributed by atoms with E-state index in [2.05, 4.69) is 21.0 Å². The highest BCUT2D eigenvalue weighted by atomic mass is 35.5. The molecule has 0 radical (unpaired) electrons. The molecule has 1 aromatic carbocycles. The van der Waals surface area contributed by atoms with Gasteiger partial charge in [-0.15, -0.1) is 0 Å². The minimum Gasteiger partial charge on any atom is -0.384 e. The fourth-order valence-electron chi connectivity index (χ4n) is 3.64. The number of hydrogen-bond donors (Lipinski definition) is 2. The predicted octanol–water partition coefficient (Wildman–Crippen LogP) is 4.06. The predicted molar refractivity (Wildman–Crippen MR) is 135 cm³/mol. The summed E-state index contributed by atoms with van der Waals surface area (Å²) in [4.78, 5) is 26.3. The van der Waals surface area contributed by atoms with Crippen molar-refractivity contribution < 1.29 is 5.11 Å². The maximum Gasteiger partial charge on any atom is 0.251 e. The van der Waals surface area contributed by atoms with Crippen LogP contribution in [0.2, 0.25) is 5.02 Å². The first kappa shape index (κ1) is 24.1. The number of aromatic nitrogens is 4. The summed E-state index contributed by atoms with van der Waals surface area (Å²) in [6, 6.07) is 15.9. The summed E-state index contributed by atoms with van der Waals surface area (Å²) >= 11 is 6.42. The molecule has 4 aromatic rings. The molecule has 176 valence electrons. The van der Waals surface area contributed by atoms with Crippen LogP contribution in [0.4, 0.5) is 5.82 Å². The normalized spacial score (nSPS) is 11.3. The molecule has 0 amide bonds. The second-order valence-corrected chi connectivity index (χ2v) is 9.02. The molecule has 3 heterocycles. The van der Waals surface area contributed by atoms with Crippen molar-refractivity contribution in [2.24, 2.45) is 0 Å². The van der Waals surface area contributed by atoms with Gasteiger partial charge in [-0.1, -0.05) is 29.8 Å². The Hall–Kier alpha value is -4.06. The molecule has 0 aliphatic carbocycles. The van der Waals surface area contributed by atoms with Crippen LogP contribution in [0.25, 0.3) is 22.6 Å².